The average molecular weight is 227 g/mol. The largest absolute Gasteiger partial charge is 0.359 e. The third-order valence-corrected chi connectivity index (χ3v) is 2.19. The molecule has 0 aliphatic rings. The van der Waals surface area contributed by atoms with Gasteiger partial charge in [-0.3, -0.25) is 0 Å². The van der Waals surface area contributed by atoms with Gasteiger partial charge in [-0.15, -0.1) is 0 Å². The predicted octanol–water partition coefficient (Wildman–Crippen LogP) is 2.05. The summed E-state index contributed by atoms with van der Waals surface area (Å²) in [7, 11) is 0. The molecule has 0 radical (unpaired) electrons. The van der Waals surface area contributed by atoms with Gasteiger partial charge in [0.05, 0.1) is 6.54 Å². The Morgan fingerprint density at radius 2 is 2.33 bits per heavy atom. The lowest BCUT2D eigenvalue weighted by Crippen LogP contribution is -1.93. The van der Waals surface area contributed by atoms with Crippen molar-refractivity contribution >= 4 is 26.8 Å². The van der Waals surface area contributed by atoms with Gasteiger partial charge < -0.3 is 10.3 Å². The summed E-state index contributed by atoms with van der Waals surface area (Å²) >= 11 is 3.35. The predicted molar refractivity (Wildman–Crippen MR) is 49.6 cm³/mol. The molecule has 0 atom stereocenters. The van der Waals surface area contributed by atoms with Crippen LogP contribution >= 0.6 is 15.9 Å². The molecule has 3 nitrogen and oxygen atoms in total. The number of nitrogens with two attached hydrogens (primary N) is 1. The molecule has 0 aliphatic carbocycles. The summed E-state index contributed by atoms with van der Waals surface area (Å²) in [5, 5.41) is 4.85. The van der Waals surface area contributed by atoms with E-state index in [1.165, 1.54) is 0 Å². The fraction of sp³-hybridized carbons (Fsp3) is 0.125. The number of hydrogen-bond donors (Lipinski definition) is 1. The van der Waals surface area contributed by atoms with E-state index >= 15 is 0 Å². The van der Waals surface area contributed by atoms with Crippen molar-refractivity contribution in [3.05, 3.63) is 28.4 Å². The van der Waals surface area contributed by atoms with E-state index in [0.29, 0.717) is 6.54 Å². The Hall–Kier alpha value is -0.870. The van der Waals surface area contributed by atoms with Crippen LogP contribution < -0.4 is 5.73 Å². The molecule has 0 bridgehead atoms. The van der Waals surface area contributed by atoms with Crippen molar-refractivity contribution in [3.8, 4) is 0 Å². The van der Waals surface area contributed by atoms with Gasteiger partial charge in [0, 0.05) is 9.86 Å². The number of rotatable bonds is 1. The van der Waals surface area contributed by atoms with Crippen LogP contribution in [0.25, 0.3) is 10.9 Å². The van der Waals surface area contributed by atoms with E-state index in [0.717, 1.165) is 21.1 Å². The molecule has 0 fully saturated rings. The number of halogens is 1. The first kappa shape index (κ1) is 7.76. The fourth-order valence-corrected chi connectivity index (χ4v) is 1.47. The maximum atomic E-state index is 5.45. The van der Waals surface area contributed by atoms with Crippen molar-refractivity contribution in [2.45, 2.75) is 6.54 Å². The molecule has 2 rings (SSSR count). The van der Waals surface area contributed by atoms with E-state index in [9.17, 15) is 0 Å². The number of hydrogen-bond acceptors (Lipinski definition) is 3. The molecule has 12 heavy (non-hydrogen) atoms. The minimum Gasteiger partial charge on any atom is -0.359 e. The highest BCUT2D eigenvalue weighted by molar-refractivity contribution is 9.10. The highest BCUT2D eigenvalue weighted by atomic mass is 79.9. The van der Waals surface area contributed by atoms with Crippen molar-refractivity contribution in [3.63, 3.8) is 0 Å². The zero-order valence-corrected chi connectivity index (χ0v) is 7.84. The highest BCUT2D eigenvalue weighted by Crippen LogP contribution is 2.21. The highest BCUT2D eigenvalue weighted by Gasteiger charge is 2.05. The maximum absolute atomic E-state index is 5.45. The van der Waals surface area contributed by atoms with Crippen LogP contribution in [0.3, 0.4) is 0 Å². The van der Waals surface area contributed by atoms with E-state index in [1.807, 2.05) is 18.2 Å². The summed E-state index contributed by atoms with van der Waals surface area (Å²) in [6, 6.07) is 5.79. The first-order valence-electron chi connectivity index (χ1n) is 3.55. The molecule has 1 aromatic heterocycles. The van der Waals surface area contributed by atoms with Gasteiger partial charge >= 0.3 is 0 Å². The number of fused-ring (bicyclic) bond motifs is 1. The molecule has 62 valence electrons. The standard InChI is InChI=1S/C8H7BrN2O/c9-5-1-2-6-7(3-5)11-12-8(6)4-10/h1-3H,4,10H2. The van der Waals surface area contributed by atoms with Gasteiger partial charge in [-0.05, 0) is 18.2 Å². The maximum Gasteiger partial charge on any atom is 0.158 e. The first-order valence-corrected chi connectivity index (χ1v) is 4.34. The second-order valence-corrected chi connectivity index (χ2v) is 3.39. The zero-order chi connectivity index (χ0) is 8.55. The van der Waals surface area contributed by atoms with Crippen molar-refractivity contribution in [1.29, 1.82) is 0 Å². The lowest BCUT2D eigenvalue weighted by Gasteiger charge is -1.89. The van der Waals surface area contributed by atoms with Crippen LogP contribution in [-0.2, 0) is 6.54 Å². The van der Waals surface area contributed by atoms with Gasteiger partial charge in [-0.2, -0.15) is 0 Å². The molecule has 0 saturated heterocycles. The van der Waals surface area contributed by atoms with Crippen molar-refractivity contribution < 1.29 is 4.52 Å². The van der Waals surface area contributed by atoms with Crippen LogP contribution in [0.2, 0.25) is 0 Å². The van der Waals surface area contributed by atoms with E-state index in [-0.39, 0.29) is 0 Å². The summed E-state index contributed by atoms with van der Waals surface area (Å²) in [5.74, 6) is 0.734. The van der Waals surface area contributed by atoms with Gasteiger partial charge in [0.1, 0.15) is 5.52 Å². The van der Waals surface area contributed by atoms with E-state index in [2.05, 4.69) is 21.1 Å². The Labute approximate surface area is 77.7 Å². The first-order chi connectivity index (χ1) is 5.81. The summed E-state index contributed by atoms with van der Waals surface area (Å²) in [5.41, 5.74) is 6.29. The van der Waals surface area contributed by atoms with Crippen LogP contribution in [0.15, 0.2) is 27.2 Å². The van der Waals surface area contributed by atoms with Crippen LogP contribution in [0.5, 0.6) is 0 Å². The van der Waals surface area contributed by atoms with Crippen LogP contribution in [0, 0.1) is 0 Å². The summed E-state index contributed by atoms with van der Waals surface area (Å²) < 4.78 is 6.02. The lowest BCUT2D eigenvalue weighted by molar-refractivity contribution is 0.392. The van der Waals surface area contributed by atoms with Gasteiger partial charge in [0.2, 0.25) is 0 Å². The normalized spacial score (nSPS) is 10.8. The van der Waals surface area contributed by atoms with Crippen LogP contribution in [-0.4, -0.2) is 5.16 Å². The molecule has 2 N–H and O–H groups in total. The Morgan fingerprint density at radius 1 is 1.50 bits per heavy atom. The summed E-state index contributed by atoms with van der Waals surface area (Å²) in [6.45, 7) is 0.387. The average Bonchev–Trinajstić information content (AvgIpc) is 2.46. The van der Waals surface area contributed by atoms with Crippen molar-refractivity contribution in [1.82, 2.24) is 5.16 Å². The van der Waals surface area contributed by atoms with E-state index in [1.54, 1.807) is 0 Å². The second-order valence-electron chi connectivity index (χ2n) is 2.47. The molecule has 1 heterocycles. The van der Waals surface area contributed by atoms with E-state index < -0.39 is 0 Å². The Kier molecular flexibility index (Phi) is 1.86. The lowest BCUT2D eigenvalue weighted by atomic mass is 10.2. The molecular weight excluding hydrogens is 220 g/mol. The Morgan fingerprint density at radius 3 is 3.08 bits per heavy atom. The smallest absolute Gasteiger partial charge is 0.158 e. The molecule has 0 spiro atoms. The minimum absolute atomic E-state index is 0.387. The van der Waals surface area contributed by atoms with Gasteiger partial charge in [0.15, 0.2) is 5.76 Å². The third-order valence-electron chi connectivity index (χ3n) is 1.70. The molecule has 0 aliphatic heterocycles. The molecule has 0 amide bonds. The molecule has 0 saturated carbocycles. The van der Waals surface area contributed by atoms with Gasteiger partial charge in [0.25, 0.3) is 0 Å². The molecular formula is C8H7BrN2O. The third kappa shape index (κ3) is 1.13. The number of aromatic nitrogens is 1. The molecule has 2 aromatic rings. The topological polar surface area (TPSA) is 52.0 Å². The Balaban J connectivity index is 2.73. The zero-order valence-electron chi connectivity index (χ0n) is 6.25. The minimum atomic E-state index is 0.387. The summed E-state index contributed by atoms with van der Waals surface area (Å²) in [6.07, 6.45) is 0. The van der Waals surface area contributed by atoms with E-state index in [4.69, 9.17) is 10.3 Å². The van der Waals surface area contributed by atoms with Crippen molar-refractivity contribution in [2.24, 2.45) is 5.73 Å². The SMILES string of the molecule is NCc1onc2cc(Br)ccc12. The van der Waals surface area contributed by atoms with Gasteiger partial charge in [-0.25, -0.2) is 0 Å². The number of nitrogens with zero attached hydrogens (tertiary/aromatic N) is 1. The molecule has 4 heteroatoms. The Bertz CT molecular complexity index is 410. The van der Waals surface area contributed by atoms with Crippen molar-refractivity contribution in [2.75, 3.05) is 0 Å². The van der Waals surface area contributed by atoms with Gasteiger partial charge in [-0.1, -0.05) is 21.1 Å². The summed E-state index contributed by atoms with van der Waals surface area (Å²) in [4.78, 5) is 0. The quantitative estimate of drug-likeness (QED) is 0.810. The fourth-order valence-electron chi connectivity index (χ4n) is 1.12. The number of benzene rings is 1. The van der Waals surface area contributed by atoms with Crippen LogP contribution in [0.4, 0.5) is 0 Å². The molecule has 0 unspecified atom stereocenters. The monoisotopic (exact) mass is 226 g/mol. The molecule has 1 aromatic carbocycles. The second kappa shape index (κ2) is 2.88. The van der Waals surface area contributed by atoms with Crippen LogP contribution in [0.1, 0.15) is 5.76 Å².